The second kappa shape index (κ2) is 7.30. The molecule has 1 heterocycles. The van der Waals surface area contributed by atoms with Gasteiger partial charge in [-0.15, -0.1) is 11.3 Å². The fourth-order valence-electron chi connectivity index (χ4n) is 1.70. The standard InChI is InChI=1S/C14H11F6N3OS/c1-8-6-25-12(22-8)23-21-5-9-2-3-10(14(18,19)20)11(4-9)24-7-13(15,16)17/h2-6H,7H2,1H3,(H,22,23). The van der Waals surface area contributed by atoms with E-state index in [4.69, 9.17) is 0 Å². The molecule has 0 saturated carbocycles. The molecule has 0 bridgehead atoms. The number of nitrogens with one attached hydrogen (secondary N) is 1. The van der Waals surface area contributed by atoms with Crippen LogP contribution in [0.15, 0.2) is 28.7 Å². The lowest BCUT2D eigenvalue weighted by molar-refractivity contribution is -0.158. The van der Waals surface area contributed by atoms with Gasteiger partial charge in [-0.2, -0.15) is 31.4 Å². The zero-order chi connectivity index (χ0) is 18.7. The average molecular weight is 383 g/mol. The first-order chi connectivity index (χ1) is 11.5. The van der Waals surface area contributed by atoms with Crippen LogP contribution < -0.4 is 10.2 Å². The second-order valence-electron chi connectivity index (χ2n) is 4.82. The number of anilines is 1. The van der Waals surface area contributed by atoms with Gasteiger partial charge in [-0.05, 0) is 24.6 Å². The topological polar surface area (TPSA) is 46.5 Å². The molecule has 0 unspecified atom stereocenters. The predicted molar refractivity (Wildman–Crippen MR) is 81.1 cm³/mol. The van der Waals surface area contributed by atoms with Crippen molar-refractivity contribution in [2.24, 2.45) is 5.10 Å². The highest BCUT2D eigenvalue weighted by Crippen LogP contribution is 2.37. The molecule has 1 aromatic heterocycles. The van der Waals surface area contributed by atoms with E-state index < -0.39 is 30.3 Å². The maximum absolute atomic E-state index is 12.9. The van der Waals surface area contributed by atoms with E-state index in [1.807, 2.05) is 0 Å². The van der Waals surface area contributed by atoms with E-state index in [1.165, 1.54) is 11.3 Å². The van der Waals surface area contributed by atoms with Crippen LogP contribution in [0.5, 0.6) is 5.75 Å². The zero-order valence-electron chi connectivity index (χ0n) is 12.6. The number of alkyl halides is 6. The summed E-state index contributed by atoms with van der Waals surface area (Å²) in [5, 5.41) is 6.01. The molecular formula is C14H11F6N3OS. The molecule has 0 saturated heterocycles. The molecule has 2 aromatic rings. The Balaban J connectivity index is 2.18. The van der Waals surface area contributed by atoms with Crippen molar-refractivity contribution in [1.29, 1.82) is 0 Å². The number of ether oxygens (including phenoxy) is 1. The molecule has 1 aromatic carbocycles. The van der Waals surface area contributed by atoms with Crippen molar-refractivity contribution in [3.8, 4) is 5.75 Å². The number of aromatic nitrogens is 1. The van der Waals surface area contributed by atoms with Gasteiger partial charge in [0.2, 0.25) is 5.13 Å². The van der Waals surface area contributed by atoms with Crippen molar-refractivity contribution < 1.29 is 31.1 Å². The minimum absolute atomic E-state index is 0.131. The Hall–Kier alpha value is -2.30. The Morgan fingerprint density at radius 1 is 1.24 bits per heavy atom. The highest BCUT2D eigenvalue weighted by atomic mass is 32.1. The molecule has 0 radical (unpaired) electrons. The van der Waals surface area contributed by atoms with E-state index >= 15 is 0 Å². The number of hydrazone groups is 1. The Morgan fingerprint density at radius 3 is 2.52 bits per heavy atom. The monoisotopic (exact) mass is 383 g/mol. The van der Waals surface area contributed by atoms with E-state index in [2.05, 4.69) is 20.2 Å². The summed E-state index contributed by atoms with van der Waals surface area (Å²) in [6.45, 7) is -0.0567. The Bertz CT molecular complexity index is 754. The van der Waals surface area contributed by atoms with E-state index in [1.54, 1.807) is 12.3 Å². The van der Waals surface area contributed by atoms with E-state index in [0.29, 0.717) is 11.2 Å². The van der Waals surface area contributed by atoms with Crippen LogP contribution in [0.25, 0.3) is 0 Å². The van der Waals surface area contributed by atoms with Gasteiger partial charge in [-0.25, -0.2) is 4.98 Å². The number of aryl methyl sites for hydroxylation is 1. The van der Waals surface area contributed by atoms with Gasteiger partial charge in [-0.3, -0.25) is 5.43 Å². The van der Waals surface area contributed by atoms with Crippen LogP contribution in [0.4, 0.5) is 31.5 Å². The summed E-state index contributed by atoms with van der Waals surface area (Å²) in [7, 11) is 0. The van der Waals surface area contributed by atoms with Crippen molar-refractivity contribution in [2.75, 3.05) is 12.0 Å². The van der Waals surface area contributed by atoms with Crippen LogP contribution in [0.1, 0.15) is 16.8 Å². The Kier molecular flexibility index (Phi) is 5.55. The van der Waals surface area contributed by atoms with Crippen molar-refractivity contribution in [1.82, 2.24) is 4.98 Å². The molecule has 0 atom stereocenters. The number of benzene rings is 1. The first-order valence-electron chi connectivity index (χ1n) is 6.66. The van der Waals surface area contributed by atoms with Gasteiger partial charge in [0.25, 0.3) is 0 Å². The van der Waals surface area contributed by atoms with E-state index in [0.717, 1.165) is 24.0 Å². The lowest BCUT2D eigenvalue weighted by Crippen LogP contribution is -2.21. The third-order valence-corrected chi connectivity index (χ3v) is 3.56. The van der Waals surface area contributed by atoms with Crippen LogP contribution in [0.2, 0.25) is 0 Å². The molecule has 0 aliphatic carbocycles. The summed E-state index contributed by atoms with van der Waals surface area (Å²) >= 11 is 1.27. The predicted octanol–water partition coefficient (Wildman–Crippen LogP) is 4.86. The van der Waals surface area contributed by atoms with Gasteiger partial charge < -0.3 is 4.74 Å². The fraction of sp³-hybridized carbons (Fsp3) is 0.286. The molecule has 0 amide bonds. The molecule has 4 nitrogen and oxygen atoms in total. The largest absolute Gasteiger partial charge is 0.483 e. The normalized spacial score (nSPS) is 12.6. The second-order valence-corrected chi connectivity index (χ2v) is 5.68. The SMILES string of the molecule is Cc1csc(NN=Cc2ccc(C(F)(F)F)c(OCC(F)(F)F)c2)n1. The quantitative estimate of drug-likeness (QED) is 0.456. The maximum atomic E-state index is 12.9. The molecule has 0 aliphatic heterocycles. The Morgan fingerprint density at radius 2 is 1.96 bits per heavy atom. The van der Waals surface area contributed by atoms with Gasteiger partial charge in [0.1, 0.15) is 5.75 Å². The number of hydrogen-bond donors (Lipinski definition) is 1. The van der Waals surface area contributed by atoms with Crippen LogP contribution in [0.3, 0.4) is 0 Å². The van der Waals surface area contributed by atoms with E-state index in [-0.39, 0.29) is 5.56 Å². The van der Waals surface area contributed by atoms with E-state index in [9.17, 15) is 26.3 Å². The van der Waals surface area contributed by atoms with Crippen molar-refractivity contribution >= 4 is 22.7 Å². The molecule has 136 valence electrons. The summed E-state index contributed by atoms with van der Waals surface area (Å²) in [5.41, 5.74) is 2.17. The third kappa shape index (κ3) is 5.93. The summed E-state index contributed by atoms with van der Waals surface area (Å²) in [6.07, 6.45) is -8.44. The molecule has 0 aliphatic rings. The number of thiazole rings is 1. The molecular weight excluding hydrogens is 372 g/mol. The summed E-state index contributed by atoms with van der Waals surface area (Å²) in [5.74, 6) is -0.918. The Labute approximate surface area is 142 Å². The molecule has 1 N–H and O–H groups in total. The molecule has 0 spiro atoms. The number of rotatable bonds is 5. The van der Waals surface area contributed by atoms with Crippen LogP contribution in [-0.4, -0.2) is 24.0 Å². The van der Waals surface area contributed by atoms with Crippen LogP contribution in [0, 0.1) is 6.92 Å². The van der Waals surface area contributed by atoms with Gasteiger partial charge in [-0.1, -0.05) is 6.07 Å². The average Bonchev–Trinajstić information content (AvgIpc) is 2.89. The molecule has 11 heteroatoms. The highest BCUT2D eigenvalue weighted by molar-refractivity contribution is 7.13. The van der Waals surface area contributed by atoms with Gasteiger partial charge in [0, 0.05) is 5.38 Å². The van der Waals surface area contributed by atoms with Crippen molar-refractivity contribution in [3.63, 3.8) is 0 Å². The van der Waals surface area contributed by atoms with Crippen molar-refractivity contribution in [2.45, 2.75) is 19.3 Å². The van der Waals surface area contributed by atoms with Gasteiger partial charge >= 0.3 is 12.4 Å². The van der Waals surface area contributed by atoms with Crippen LogP contribution >= 0.6 is 11.3 Å². The maximum Gasteiger partial charge on any atom is 0.422 e. The number of hydrogen-bond acceptors (Lipinski definition) is 5. The lowest BCUT2D eigenvalue weighted by Gasteiger charge is -2.15. The summed E-state index contributed by atoms with van der Waals surface area (Å²) in [6, 6.07) is 2.55. The zero-order valence-corrected chi connectivity index (χ0v) is 13.4. The first kappa shape index (κ1) is 19.0. The van der Waals surface area contributed by atoms with Crippen molar-refractivity contribution in [3.05, 3.63) is 40.4 Å². The summed E-state index contributed by atoms with van der Waals surface area (Å²) < 4.78 is 79.5. The fourth-order valence-corrected chi connectivity index (χ4v) is 2.34. The molecule has 25 heavy (non-hydrogen) atoms. The lowest BCUT2D eigenvalue weighted by atomic mass is 10.1. The number of halogens is 6. The molecule has 0 fully saturated rings. The minimum atomic E-state index is -4.84. The van der Waals surface area contributed by atoms with Crippen LogP contribution in [-0.2, 0) is 6.18 Å². The highest BCUT2D eigenvalue weighted by Gasteiger charge is 2.36. The smallest absolute Gasteiger partial charge is 0.422 e. The third-order valence-electron chi connectivity index (χ3n) is 2.70. The summed E-state index contributed by atoms with van der Waals surface area (Å²) in [4.78, 5) is 4.06. The van der Waals surface area contributed by atoms with Gasteiger partial charge in [0.05, 0.1) is 17.5 Å². The first-order valence-corrected chi connectivity index (χ1v) is 7.54. The minimum Gasteiger partial charge on any atom is -0.483 e. The molecule has 2 rings (SSSR count). The van der Waals surface area contributed by atoms with Gasteiger partial charge in [0.15, 0.2) is 6.61 Å². The number of nitrogens with zero attached hydrogens (tertiary/aromatic N) is 2.